The average molecular weight is 348 g/mol. The highest BCUT2D eigenvalue weighted by atomic mass is 79.9. The molecule has 108 valence electrons. The molecule has 0 atom stereocenters. The Balaban J connectivity index is 2.35. The zero-order valence-corrected chi connectivity index (χ0v) is 13.0. The molecule has 0 aromatic heterocycles. The van der Waals surface area contributed by atoms with Crippen LogP contribution in [0.25, 0.3) is 0 Å². The molecule has 0 amide bonds. The van der Waals surface area contributed by atoms with Crippen LogP contribution in [0.3, 0.4) is 0 Å². The molecular weight excluding hydrogens is 333 g/mol. The van der Waals surface area contributed by atoms with Crippen LogP contribution in [0.15, 0.2) is 46.9 Å². The smallest absolute Gasteiger partial charge is 0.161 e. The Bertz CT molecular complexity index is 653. The van der Waals surface area contributed by atoms with Crippen molar-refractivity contribution >= 4 is 21.6 Å². The summed E-state index contributed by atoms with van der Waals surface area (Å²) in [5.41, 5.74) is 7.43. The molecule has 0 aliphatic carbocycles. The second-order valence-electron chi connectivity index (χ2n) is 4.57. The molecule has 5 heteroatoms. The van der Waals surface area contributed by atoms with Gasteiger partial charge in [-0.1, -0.05) is 30.3 Å². The highest BCUT2D eigenvalue weighted by Gasteiger charge is 2.16. The van der Waals surface area contributed by atoms with Crippen LogP contribution in [-0.2, 0) is 6.54 Å². The molecule has 21 heavy (non-hydrogen) atoms. The summed E-state index contributed by atoms with van der Waals surface area (Å²) in [6, 6.07) is 15.0. The molecule has 0 bridgehead atoms. The molecule has 0 aliphatic heterocycles. The van der Waals surface area contributed by atoms with Crippen molar-refractivity contribution in [3.63, 3.8) is 0 Å². The van der Waals surface area contributed by atoms with Gasteiger partial charge in [0.1, 0.15) is 6.07 Å². The van der Waals surface area contributed by atoms with Crippen molar-refractivity contribution in [3.05, 3.63) is 63.9 Å². The number of benzene rings is 2. The predicted molar refractivity (Wildman–Crippen MR) is 85.4 cm³/mol. The zero-order chi connectivity index (χ0) is 15.2. The van der Waals surface area contributed by atoms with E-state index in [1.165, 1.54) is 0 Å². The summed E-state index contributed by atoms with van der Waals surface area (Å²) in [7, 11) is 0. The lowest BCUT2D eigenvalue weighted by Crippen LogP contribution is -2.29. The summed E-state index contributed by atoms with van der Waals surface area (Å²) in [4.78, 5) is 1.87. The molecule has 0 saturated heterocycles. The van der Waals surface area contributed by atoms with Gasteiger partial charge in [0.15, 0.2) is 5.82 Å². The van der Waals surface area contributed by atoms with Crippen LogP contribution in [0.4, 0.5) is 10.1 Å². The van der Waals surface area contributed by atoms with Gasteiger partial charge in [-0.2, -0.15) is 5.26 Å². The van der Waals surface area contributed by atoms with E-state index < -0.39 is 5.82 Å². The monoisotopic (exact) mass is 347 g/mol. The molecule has 0 radical (unpaired) electrons. The molecule has 2 N–H and O–H groups in total. The second kappa shape index (κ2) is 7.21. The molecule has 0 fully saturated rings. The van der Waals surface area contributed by atoms with Crippen LogP contribution in [0.2, 0.25) is 0 Å². The van der Waals surface area contributed by atoms with Crippen LogP contribution in [-0.4, -0.2) is 13.1 Å². The fraction of sp³-hybridized carbons (Fsp3) is 0.188. The predicted octanol–water partition coefficient (Wildman–Crippen LogP) is 3.43. The van der Waals surface area contributed by atoms with E-state index in [1.54, 1.807) is 12.1 Å². The van der Waals surface area contributed by atoms with Crippen molar-refractivity contribution in [1.82, 2.24) is 0 Å². The number of nitriles is 1. The number of halogens is 2. The van der Waals surface area contributed by atoms with E-state index in [9.17, 15) is 4.39 Å². The van der Waals surface area contributed by atoms with Crippen molar-refractivity contribution in [2.24, 2.45) is 5.73 Å². The summed E-state index contributed by atoms with van der Waals surface area (Å²) < 4.78 is 14.6. The topological polar surface area (TPSA) is 53.0 Å². The van der Waals surface area contributed by atoms with E-state index in [1.807, 2.05) is 41.3 Å². The third kappa shape index (κ3) is 3.60. The highest BCUT2D eigenvalue weighted by molar-refractivity contribution is 9.10. The molecule has 2 aromatic rings. The van der Waals surface area contributed by atoms with E-state index in [0.717, 1.165) is 5.56 Å². The maximum Gasteiger partial charge on any atom is 0.161 e. The van der Waals surface area contributed by atoms with Crippen molar-refractivity contribution in [3.8, 4) is 6.07 Å². The van der Waals surface area contributed by atoms with E-state index in [0.29, 0.717) is 25.3 Å². The minimum Gasteiger partial charge on any atom is -0.364 e. The van der Waals surface area contributed by atoms with Crippen molar-refractivity contribution in [2.75, 3.05) is 18.0 Å². The van der Waals surface area contributed by atoms with E-state index in [4.69, 9.17) is 11.0 Å². The maximum atomic E-state index is 14.4. The lowest BCUT2D eigenvalue weighted by atomic mass is 10.1. The summed E-state index contributed by atoms with van der Waals surface area (Å²) in [6.45, 7) is 1.52. The number of hydrogen-bond acceptors (Lipinski definition) is 3. The highest BCUT2D eigenvalue weighted by Crippen LogP contribution is 2.29. The fourth-order valence-electron chi connectivity index (χ4n) is 2.11. The standard InChI is InChI=1S/C16H15BrFN3/c17-15-13(10-20)6-7-14(16(15)18)21(9-8-19)11-12-4-2-1-3-5-12/h1-7H,8-9,11,19H2. The molecule has 0 saturated carbocycles. The van der Waals surface area contributed by atoms with E-state index >= 15 is 0 Å². The third-order valence-corrected chi connectivity index (χ3v) is 3.91. The van der Waals surface area contributed by atoms with Gasteiger partial charge in [-0.15, -0.1) is 0 Å². The first kappa shape index (κ1) is 15.5. The summed E-state index contributed by atoms with van der Waals surface area (Å²) >= 11 is 3.14. The Morgan fingerprint density at radius 2 is 1.90 bits per heavy atom. The fourth-order valence-corrected chi connectivity index (χ4v) is 2.54. The summed E-state index contributed by atoms with van der Waals surface area (Å²) in [6.07, 6.45) is 0. The van der Waals surface area contributed by atoms with Crippen LogP contribution in [0.5, 0.6) is 0 Å². The molecule has 2 rings (SSSR count). The van der Waals surface area contributed by atoms with Gasteiger partial charge < -0.3 is 10.6 Å². The van der Waals surface area contributed by atoms with Crippen molar-refractivity contribution in [1.29, 1.82) is 5.26 Å². The van der Waals surface area contributed by atoms with Crippen molar-refractivity contribution in [2.45, 2.75) is 6.54 Å². The number of rotatable bonds is 5. The molecule has 0 unspecified atom stereocenters. The van der Waals surface area contributed by atoms with Crippen LogP contribution in [0, 0.1) is 17.1 Å². The zero-order valence-electron chi connectivity index (χ0n) is 11.4. The number of nitrogens with two attached hydrogens (primary N) is 1. The molecule has 0 heterocycles. The van der Waals surface area contributed by atoms with Gasteiger partial charge in [0.05, 0.1) is 15.7 Å². The van der Waals surface area contributed by atoms with Gasteiger partial charge in [-0.05, 0) is 33.6 Å². The number of hydrogen-bond donors (Lipinski definition) is 1. The van der Waals surface area contributed by atoms with Gasteiger partial charge >= 0.3 is 0 Å². The van der Waals surface area contributed by atoms with E-state index in [-0.39, 0.29) is 10.0 Å². The lowest BCUT2D eigenvalue weighted by molar-refractivity contribution is 0.609. The third-order valence-electron chi connectivity index (χ3n) is 3.14. The Hall–Kier alpha value is -1.90. The molecule has 0 aliphatic rings. The van der Waals surface area contributed by atoms with Gasteiger partial charge in [0, 0.05) is 19.6 Å². The van der Waals surface area contributed by atoms with Crippen molar-refractivity contribution < 1.29 is 4.39 Å². The first-order chi connectivity index (χ1) is 10.2. The van der Waals surface area contributed by atoms with Gasteiger partial charge in [-0.25, -0.2) is 4.39 Å². The maximum absolute atomic E-state index is 14.4. The first-order valence-electron chi connectivity index (χ1n) is 6.54. The summed E-state index contributed by atoms with van der Waals surface area (Å²) in [5, 5.41) is 8.93. The normalized spacial score (nSPS) is 10.2. The second-order valence-corrected chi connectivity index (χ2v) is 5.36. The lowest BCUT2D eigenvalue weighted by Gasteiger charge is -2.25. The molecule has 0 spiro atoms. The Morgan fingerprint density at radius 1 is 1.19 bits per heavy atom. The SMILES string of the molecule is N#Cc1ccc(N(CCN)Cc2ccccc2)c(F)c1Br. The van der Waals surface area contributed by atoms with Gasteiger partial charge in [0.2, 0.25) is 0 Å². The largest absolute Gasteiger partial charge is 0.364 e. The molecular formula is C16H15BrFN3. The number of anilines is 1. The van der Waals surface area contributed by atoms with Gasteiger partial charge in [-0.3, -0.25) is 0 Å². The Labute approximate surface area is 131 Å². The number of nitrogens with zero attached hydrogens (tertiary/aromatic N) is 2. The minimum atomic E-state index is -0.432. The molecule has 3 nitrogen and oxygen atoms in total. The Morgan fingerprint density at radius 3 is 2.52 bits per heavy atom. The van der Waals surface area contributed by atoms with Gasteiger partial charge in [0.25, 0.3) is 0 Å². The minimum absolute atomic E-state index is 0.192. The van der Waals surface area contributed by atoms with E-state index in [2.05, 4.69) is 15.9 Å². The van der Waals surface area contributed by atoms with Crippen LogP contribution in [0.1, 0.15) is 11.1 Å². The summed E-state index contributed by atoms with van der Waals surface area (Å²) in [5.74, 6) is -0.432. The Kier molecular flexibility index (Phi) is 5.32. The van der Waals surface area contributed by atoms with Crippen LogP contribution >= 0.6 is 15.9 Å². The first-order valence-corrected chi connectivity index (χ1v) is 7.33. The van der Waals surface area contributed by atoms with Crippen LogP contribution < -0.4 is 10.6 Å². The quantitative estimate of drug-likeness (QED) is 0.901. The molecule has 2 aromatic carbocycles. The average Bonchev–Trinajstić information content (AvgIpc) is 2.51.